The highest BCUT2D eigenvalue weighted by atomic mass is 32.2. The minimum Gasteiger partial charge on any atom is -0.444 e. The van der Waals surface area contributed by atoms with Gasteiger partial charge in [0.25, 0.3) is 0 Å². The predicted molar refractivity (Wildman–Crippen MR) is 138 cm³/mol. The van der Waals surface area contributed by atoms with Crippen LogP contribution in [0, 0.1) is 5.92 Å². The van der Waals surface area contributed by atoms with Crippen molar-refractivity contribution in [3.05, 3.63) is 35.4 Å². The number of rotatable bonds is 8. The molecule has 1 atom stereocenters. The number of aldehydes is 1. The summed E-state index contributed by atoms with van der Waals surface area (Å²) < 4.78 is 4.83. The van der Waals surface area contributed by atoms with Gasteiger partial charge < -0.3 is 20.2 Å². The Kier molecular flexibility index (Phi) is 11.1. The molecule has 7 nitrogen and oxygen atoms in total. The van der Waals surface area contributed by atoms with Crippen molar-refractivity contribution >= 4 is 36.1 Å². The lowest BCUT2D eigenvalue weighted by atomic mass is 10.1. The van der Waals surface area contributed by atoms with E-state index in [1.54, 1.807) is 32.5 Å². The van der Waals surface area contributed by atoms with Crippen LogP contribution in [0.4, 0.5) is 4.79 Å². The zero-order valence-corrected chi connectivity index (χ0v) is 21.9. The second kappa shape index (κ2) is 13.5. The lowest BCUT2D eigenvalue weighted by molar-refractivity contribution is -0.125. The predicted octanol–water partition coefficient (Wildman–Crippen LogP) is 4.25. The molecule has 1 aliphatic heterocycles. The fourth-order valence-electron chi connectivity index (χ4n) is 3.53. The van der Waals surface area contributed by atoms with Crippen LogP contribution in [-0.4, -0.2) is 61.2 Å². The summed E-state index contributed by atoms with van der Waals surface area (Å²) in [5.74, 6) is 0.929. The summed E-state index contributed by atoms with van der Waals surface area (Å²) in [5, 5.41) is 5.39. The molecule has 1 saturated carbocycles. The lowest BCUT2D eigenvalue weighted by Crippen LogP contribution is -2.41. The Morgan fingerprint density at radius 1 is 1.21 bits per heavy atom. The molecule has 0 bridgehead atoms. The van der Waals surface area contributed by atoms with Crippen molar-refractivity contribution in [2.24, 2.45) is 5.92 Å². The minimum absolute atomic E-state index is 0.00505. The van der Waals surface area contributed by atoms with E-state index >= 15 is 0 Å². The number of likely N-dealkylation sites (N-methyl/N-ethyl adjacent to an activating group) is 1. The normalized spacial score (nSPS) is 18.2. The maximum absolute atomic E-state index is 12.4. The fourth-order valence-corrected chi connectivity index (χ4v) is 3.97. The first-order chi connectivity index (χ1) is 16.1. The molecule has 0 radical (unpaired) electrons. The first kappa shape index (κ1) is 27.9. The third-order valence-electron chi connectivity index (χ3n) is 5.53. The van der Waals surface area contributed by atoms with Gasteiger partial charge in [-0.05, 0) is 95.5 Å². The number of nitrogens with one attached hydrogen (secondary N) is 2. The third-order valence-corrected chi connectivity index (χ3v) is 6.25. The Hall–Kier alpha value is -2.32. The number of hydrogen-bond donors (Lipinski definition) is 2. The molecule has 2 fully saturated rings. The quantitative estimate of drug-likeness (QED) is 0.419. The molecular formula is C26H39N3O4S. The highest BCUT2D eigenvalue weighted by molar-refractivity contribution is 7.98. The number of carbonyl (C=O) groups excluding carboxylic acids is 3. The fraction of sp³-hybridized carbons (Fsp3) is 0.577. The largest absolute Gasteiger partial charge is 0.444 e. The number of thioether (sulfide) groups is 1. The Morgan fingerprint density at radius 2 is 1.94 bits per heavy atom. The van der Waals surface area contributed by atoms with Crippen LogP contribution in [0.2, 0.25) is 0 Å². The molecule has 1 heterocycles. The highest BCUT2D eigenvalue weighted by Gasteiger charge is 2.27. The van der Waals surface area contributed by atoms with Gasteiger partial charge in [-0.1, -0.05) is 18.2 Å². The molecular weight excluding hydrogens is 450 g/mol. The molecule has 1 saturated heterocycles. The van der Waals surface area contributed by atoms with Gasteiger partial charge in [-0.3, -0.25) is 9.69 Å². The van der Waals surface area contributed by atoms with Crippen molar-refractivity contribution in [1.82, 2.24) is 15.5 Å². The Bertz CT molecular complexity index is 862. The van der Waals surface area contributed by atoms with Gasteiger partial charge in [0.05, 0.1) is 12.6 Å². The SMILES string of the molecule is CC(C)(C)OC(=O)NCC=O.CSc1ccc(CNC(=O)C2CCCN2C)c(/C=C/C2CC2)c1. The van der Waals surface area contributed by atoms with E-state index in [1.807, 2.05) is 7.05 Å². The first-order valence-electron chi connectivity index (χ1n) is 11.9. The number of carbonyl (C=O) groups is 3. The average molecular weight is 490 g/mol. The summed E-state index contributed by atoms with van der Waals surface area (Å²) >= 11 is 1.76. The Labute approximate surface area is 208 Å². The van der Waals surface area contributed by atoms with Crippen molar-refractivity contribution in [1.29, 1.82) is 0 Å². The summed E-state index contributed by atoms with van der Waals surface area (Å²) in [5.41, 5.74) is 1.94. The van der Waals surface area contributed by atoms with Crippen LogP contribution in [0.25, 0.3) is 6.08 Å². The molecule has 1 aromatic rings. The summed E-state index contributed by atoms with van der Waals surface area (Å²) in [4.78, 5) is 36.3. The lowest BCUT2D eigenvalue weighted by Gasteiger charge is -2.19. The van der Waals surface area contributed by atoms with E-state index < -0.39 is 11.7 Å². The van der Waals surface area contributed by atoms with Crippen molar-refractivity contribution in [2.45, 2.75) is 69.5 Å². The summed E-state index contributed by atoms with van der Waals surface area (Å²) in [6.07, 6.45) is 11.4. The monoisotopic (exact) mass is 489 g/mol. The van der Waals surface area contributed by atoms with E-state index in [0.29, 0.717) is 12.8 Å². The van der Waals surface area contributed by atoms with E-state index in [4.69, 9.17) is 4.74 Å². The molecule has 3 rings (SSSR count). The first-order valence-corrected chi connectivity index (χ1v) is 13.1. The average Bonchev–Trinajstić information content (AvgIpc) is 3.52. The minimum atomic E-state index is -0.565. The van der Waals surface area contributed by atoms with Gasteiger partial charge in [0, 0.05) is 11.4 Å². The Morgan fingerprint density at radius 3 is 2.50 bits per heavy atom. The number of allylic oxidation sites excluding steroid dienone is 1. The van der Waals surface area contributed by atoms with Crippen molar-refractivity contribution in [2.75, 3.05) is 26.4 Å². The number of alkyl carbamates (subject to hydrolysis) is 1. The van der Waals surface area contributed by atoms with Crippen LogP contribution in [0.5, 0.6) is 0 Å². The van der Waals surface area contributed by atoms with E-state index in [1.165, 1.54) is 28.9 Å². The van der Waals surface area contributed by atoms with Crippen molar-refractivity contribution in [3.63, 3.8) is 0 Å². The number of hydrogen-bond acceptors (Lipinski definition) is 6. The van der Waals surface area contributed by atoms with Crippen LogP contribution in [-0.2, 0) is 20.9 Å². The topological polar surface area (TPSA) is 87.7 Å². The maximum Gasteiger partial charge on any atom is 0.408 e. The standard InChI is InChI=1S/C19H26N2OS.C7H13NO3/c1-21-11-3-4-18(21)19(22)20-13-16-9-10-17(23-2)12-15(16)8-7-14-5-6-14;1-7(2,3)11-6(10)8-4-5-9/h7-10,12,14,18H,3-6,11,13H2,1-2H3,(H,20,22);5H,4H2,1-3H3,(H,8,10)/b8-7+;. The van der Waals surface area contributed by atoms with Crippen molar-refractivity contribution in [3.8, 4) is 0 Å². The molecule has 188 valence electrons. The van der Waals surface area contributed by atoms with Crippen molar-refractivity contribution < 1.29 is 19.1 Å². The molecule has 34 heavy (non-hydrogen) atoms. The van der Waals surface area contributed by atoms with E-state index in [2.05, 4.69) is 52.1 Å². The molecule has 1 unspecified atom stereocenters. The van der Waals surface area contributed by atoms with Gasteiger partial charge in [0.1, 0.15) is 11.9 Å². The molecule has 1 aromatic carbocycles. The number of amides is 2. The number of ether oxygens (including phenoxy) is 1. The van der Waals surface area contributed by atoms with Crippen LogP contribution >= 0.6 is 11.8 Å². The van der Waals surface area contributed by atoms with Gasteiger partial charge in [-0.2, -0.15) is 0 Å². The third kappa shape index (κ3) is 10.3. The molecule has 8 heteroatoms. The van der Waals surface area contributed by atoms with Gasteiger partial charge in [0.15, 0.2) is 0 Å². The zero-order valence-electron chi connectivity index (χ0n) is 21.1. The van der Waals surface area contributed by atoms with E-state index in [0.717, 1.165) is 25.3 Å². The van der Waals surface area contributed by atoms with Crippen LogP contribution in [0.1, 0.15) is 57.6 Å². The number of nitrogens with zero attached hydrogens (tertiary/aromatic N) is 1. The summed E-state index contributed by atoms with van der Waals surface area (Å²) in [6.45, 7) is 6.90. The maximum atomic E-state index is 12.4. The van der Waals surface area contributed by atoms with Gasteiger partial charge in [-0.15, -0.1) is 11.8 Å². The molecule has 0 aromatic heterocycles. The smallest absolute Gasteiger partial charge is 0.408 e. The second-order valence-electron chi connectivity index (χ2n) is 9.67. The highest BCUT2D eigenvalue weighted by Crippen LogP contribution is 2.31. The summed E-state index contributed by atoms with van der Waals surface area (Å²) in [7, 11) is 2.04. The zero-order chi connectivity index (χ0) is 25.1. The van der Waals surface area contributed by atoms with Crippen LogP contribution in [0.3, 0.4) is 0 Å². The number of likely N-dealkylation sites (tertiary alicyclic amines) is 1. The van der Waals surface area contributed by atoms with E-state index in [9.17, 15) is 14.4 Å². The molecule has 2 aliphatic rings. The number of benzene rings is 1. The molecule has 1 aliphatic carbocycles. The molecule has 2 amide bonds. The van der Waals surface area contributed by atoms with Gasteiger partial charge in [0.2, 0.25) is 5.91 Å². The molecule has 2 N–H and O–H groups in total. The summed E-state index contributed by atoms with van der Waals surface area (Å²) in [6, 6.07) is 6.57. The van der Waals surface area contributed by atoms with Crippen LogP contribution < -0.4 is 10.6 Å². The molecule has 0 spiro atoms. The van der Waals surface area contributed by atoms with E-state index in [-0.39, 0.29) is 18.5 Å². The Balaban J connectivity index is 0.000000316. The van der Waals surface area contributed by atoms with Gasteiger partial charge >= 0.3 is 6.09 Å². The second-order valence-corrected chi connectivity index (χ2v) is 10.5. The van der Waals surface area contributed by atoms with Crippen LogP contribution in [0.15, 0.2) is 29.2 Å². The van der Waals surface area contributed by atoms with Gasteiger partial charge in [-0.25, -0.2) is 4.79 Å².